The van der Waals surface area contributed by atoms with E-state index in [1.54, 1.807) is 0 Å². The van der Waals surface area contributed by atoms with Gasteiger partial charge in [0.25, 0.3) is 0 Å². The highest BCUT2D eigenvalue weighted by Gasteiger charge is 2.60. The Morgan fingerprint density at radius 3 is 2.28 bits per heavy atom. The molecule has 0 saturated heterocycles. The molecule has 3 saturated carbocycles. The van der Waals surface area contributed by atoms with Gasteiger partial charge in [-0.1, -0.05) is 57.9 Å². The number of ketones is 1. The monoisotopic (exact) mass is 546 g/mol. The molecule has 1 unspecified atom stereocenters. The molecular weight excluding hydrogens is 500 g/mol. The number of rotatable bonds is 7. The molecule has 0 heterocycles. The smallest absolute Gasteiger partial charge is 0.438 e. The fourth-order valence-electron chi connectivity index (χ4n) is 8.41. The fourth-order valence-corrected chi connectivity index (χ4v) is 8.41. The Morgan fingerprint density at radius 1 is 0.974 bits per heavy atom. The first kappa shape index (κ1) is 29.6. The Labute approximate surface area is 232 Å². The molecule has 39 heavy (non-hydrogen) atoms. The van der Waals surface area contributed by atoms with Crippen molar-refractivity contribution in [3.05, 3.63) is 23.3 Å². The first-order valence-electron chi connectivity index (χ1n) is 14.5. The molecule has 0 amide bonds. The topological polar surface area (TPSA) is 108 Å². The SMILES string of the molecule is COC(=O)O[C@@H]1CC2=CC=C3[C@@H]4CC[C@H]([C@H](C)C(O)CC(=O)C(C)C)[C@@]4(C)CC[C@@H]3[C@@]2(C)[C@@H](OC(=O)OC)C1. The Morgan fingerprint density at radius 2 is 1.64 bits per heavy atom. The van der Waals surface area contributed by atoms with Crippen LogP contribution in [0.1, 0.15) is 79.6 Å². The van der Waals surface area contributed by atoms with Gasteiger partial charge in [-0.3, -0.25) is 4.79 Å². The molecule has 8 nitrogen and oxygen atoms in total. The van der Waals surface area contributed by atoms with E-state index >= 15 is 0 Å². The zero-order valence-electron chi connectivity index (χ0n) is 24.5. The standard InChI is InChI=1S/C31H46O8/c1-17(2)25(32)16-26(33)18(3)22-10-11-23-21-9-8-19-14-20(38-28(34)36-6)15-27(39-29(35)37-7)31(19,5)24(21)12-13-30(22,23)4/h8-9,17-18,20,22-24,26-27,33H,10-16H2,1-7H3/t18-,20+,22+,23-,24-,26?,27-,30+,31-/m0/s1. The average molecular weight is 547 g/mol. The number of fused-ring (bicyclic) bond motifs is 5. The summed E-state index contributed by atoms with van der Waals surface area (Å²) in [7, 11) is 2.58. The van der Waals surface area contributed by atoms with E-state index in [0.29, 0.717) is 24.7 Å². The van der Waals surface area contributed by atoms with Crippen LogP contribution in [-0.4, -0.2) is 55.7 Å². The van der Waals surface area contributed by atoms with Crippen LogP contribution < -0.4 is 0 Å². The van der Waals surface area contributed by atoms with Gasteiger partial charge in [0, 0.05) is 30.6 Å². The van der Waals surface area contributed by atoms with E-state index in [4.69, 9.17) is 18.9 Å². The van der Waals surface area contributed by atoms with Gasteiger partial charge < -0.3 is 24.1 Å². The molecule has 0 aromatic rings. The molecule has 9 atom stereocenters. The van der Waals surface area contributed by atoms with Crippen molar-refractivity contribution < 1.29 is 38.4 Å². The third kappa shape index (κ3) is 5.25. The lowest BCUT2D eigenvalue weighted by molar-refractivity contribution is -0.125. The number of allylic oxidation sites excluding steroid dienone is 3. The van der Waals surface area contributed by atoms with Gasteiger partial charge in [0.05, 0.1) is 20.3 Å². The first-order valence-corrected chi connectivity index (χ1v) is 14.5. The first-order chi connectivity index (χ1) is 18.4. The molecule has 0 spiro atoms. The molecule has 4 aliphatic carbocycles. The number of hydrogen-bond donors (Lipinski definition) is 1. The summed E-state index contributed by atoms with van der Waals surface area (Å²) in [6.07, 6.45) is 6.44. The normalized spacial score (nSPS) is 36.8. The number of carbonyl (C=O) groups excluding carboxylic acids is 3. The molecule has 1 N–H and O–H groups in total. The Bertz CT molecular complexity index is 1030. The minimum atomic E-state index is -0.745. The van der Waals surface area contributed by atoms with E-state index < -0.39 is 36.0 Å². The number of methoxy groups -OCH3 is 2. The fraction of sp³-hybridized carbons (Fsp3) is 0.774. The molecule has 0 aliphatic heterocycles. The molecule has 8 heteroatoms. The van der Waals surface area contributed by atoms with Gasteiger partial charge in [0.2, 0.25) is 0 Å². The van der Waals surface area contributed by atoms with Crippen LogP contribution in [0.5, 0.6) is 0 Å². The van der Waals surface area contributed by atoms with E-state index in [9.17, 15) is 19.5 Å². The van der Waals surface area contributed by atoms with Crippen molar-refractivity contribution >= 4 is 18.1 Å². The second-order valence-corrected chi connectivity index (χ2v) is 12.9. The van der Waals surface area contributed by atoms with Crippen LogP contribution >= 0.6 is 0 Å². The molecule has 0 bridgehead atoms. The number of aliphatic hydroxyl groups excluding tert-OH is 1. The van der Waals surface area contributed by atoms with E-state index in [1.165, 1.54) is 19.8 Å². The largest absolute Gasteiger partial charge is 0.508 e. The molecular formula is C31H46O8. The van der Waals surface area contributed by atoms with Crippen molar-refractivity contribution in [1.82, 2.24) is 0 Å². The highest BCUT2D eigenvalue weighted by atomic mass is 16.7. The molecule has 0 aromatic carbocycles. The predicted molar refractivity (Wildman–Crippen MR) is 145 cm³/mol. The Kier molecular flexibility index (Phi) is 8.56. The van der Waals surface area contributed by atoms with Crippen LogP contribution in [0.2, 0.25) is 0 Å². The number of Topliss-reactive ketones (excluding diaryl/α,β-unsaturated/α-hetero) is 1. The quantitative estimate of drug-likeness (QED) is 0.387. The molecule has 218 valence electrons. The maximum absolute atomic E-state index is 12.4. The number of ether oxygens (including phenoxy) is 4. The zero-order valence-corrected chi connectivity index (χ0v) is 24.5. The minimum Gasteiger partial charge on any atom is -0.438 e. The Balaban J connectivity index is 1.61. The van der Waals surface area contributed by atoms with Gasteiger partial charge in [-0.25, -0.2) is 9.59 Å². The number of aliphatic hydroxyl groups is 1. The van der Waals surface area contributed by atoms with E-state index in [1.807, 2.05) is 13.8 Å². The maximum atomic E-state index is 12.4. The molecule has 0 radical (unpaired) electrons. The third-order valence-corrected chi connectivity index (χ3v) is 10.8. The minimum absolute atomic E-state index is 0.0230. The lowest BCUT2D eigenvalue weighted by Gasteiger charge is -2.57. The van der Waals surface area contributed by atoms with Gasteiger partial charge in [-0.15, -0.1) is 0 Å². The van der Waals surface area contributed by atoms with Crippen molar-refractivity contribution in [3.8, 4) is 0 Å². The zero-order chi connectivity index (χ0) is 28.7. The summed E-state index contributed by atoms with van der Waals surface area (Å²) in [6, 6.07) is 0. The maximum Gasteiger partial charge on any atom is 0.508 e. The van der Waals surface area contributed by atoms with Crippen LogP contribution in [0.15, 0.2) is 23.3 Å². The van der Waals surface area contributed by atoms with E-state index in [2.05, 4.69) is 32.9 Å². The van der Waals surface area contributed by atoms with Gasteiger partial charge >= 0.3 is 12.3 Å². The second-order valence-electron chi connectivity index (χ2n) is 12.9. The van der Waals surface area contributed by atoms with Gasteiger partial charge in [0.1, 0.15) is 18.0 Å². The van der Waals surface area contributed by atoms with E-state index in [0.717, 1.165) is 31.3 Å². The molecule has 4 aliphatic rings. The van der Waals surface area contributed by atoms with Gasteiger partial charge in [-0.05, 0) is 54.8 Å². The average Bonchev–Trinajstić information content (AvgIpc) is 3.25. The van der Waals surface area contributed by atoms with Crippen LogP contribution in [0, 0.1) is 40.4 Å². The molecule has 0 aromatic heterocycles. The van der Waals surface area contributed by atoms with Crippen molar-refractivity contribution in [2.24, 2.45) is 40.4 Å². The van der Waals surface area contributed by atoms with E-state index in [-0.39, 0.29) is 35.4 Å². The number of carbonyl (C=O) groups is 3. The Hall–Kier alpha value is -2.35. The van der Waals surface area contributed by atoms with Gasteiger partial charge in [0.15, 0.2) is 0 Å². The lowest BCUT2D eigenvalue weighted by Crippen LogP contribution is -2.54. The van der Waals surface area contributed by atoms with Crippen LogP contribution in [0.25, 0.3) is 0 Å². The lowest BCUT2D eigenvalue weighted by atomic mass is 9.49. The summed E-state index contributed by atoms with van der Waals surface area (Å²) in [5.74, 6) is 0.938. The van der Waals surface area contributed by atoms with Gasteiger partial charge in [-0.2, -0.15) is 0 Å². The van der Waals surface area contributed by atoms with Crippen molar-refractivity contribution in [1.29, 1.82) is 0 Å². The predicted octanol–water partition coefficient (Wildman–Crippen LogP) is 6.01. The summed E-state index contributed by atoms with van der Waals surface area (Å²) >= 11 is 0. The van der Waals surface area contributed by atoms with Crippen LogP contribution in [0.3, 0.4) is 0 Å². The third-order valence-electron chi connectivity index (χ3n) is 10.8. The van der Waals surface area contributed by atoms with Crippen molar-refractivity contribution in [3.63, 3.8) is 0 Å². The van der Waals surface area contributed by atoms with Crippen molar-refractivity contribution in [2.75, 3.05) is 14.2 Å². The van der Waals surface area contributed by atoms with Crippen molar-refractivity contribution in [2.45, 2.75) is 97.9 Å². The van der Waals surface area contributed by atoms with Crippen LogP contribution in [0.4, 0.5) is 9.59 Å². The second kappa shape index (κ2) is 11.3. The summed E-state index contributed by atoms with van der Waals surface area (Å²) in [5.41, 5.74) is 2.08. The summed E-state index contributed by atoms with van der Waals surface area (Å²) < 4.78 is 20.9. The molecule has 3 fully saturated rings. The summed E-state index contributed by atoms with van der Waals surface area (Å²) in [6.45, 7) is 10.4. The number of hydrogen-bond acceptors (Lipinski definition) is 8. The summed E-state index contributed by atoms with van der Waals surface area (Å²) in [5, 5.41) is 11.0. The highest BCUT2D eigenvalue weighted by molar-refractivity contribution is 5.80. The molecule has 4 rings (SSSR count). The van der Waals surface area contributed by atoms with Crippen LogP contribution in [-0.2, 0) is 23.7 Å². The highest BCUT2D eigenvalue weighted by Crippen LogP contribution is 2.66. The summed E-state index contributed by atoms with van der Waals surface area (Å²) in [4.78, 5) is 36.6.